The highest BCUT2D eigenvalue weighted by Crippen LogP contribution is 2.13. The van der Waals surface area contributed by atoms with E-state index in [9.17, 15) is 4.79 Å². The van der Waals surface area contributed by atoms with Gasteiger partial charge in [0.25, 0.3) is 0 Å². The second-order valence-corrected chi connectivity index (χ2v) is 3.38. The Labute approximate surface area is 64.8 Å². The van der Waals surface area contributed by atoms with Crippen LogP contribution in [0.25, 0.3) is 0 Å². The average molecular weight is 155 g/mol. The first kappa shape index (κ1) is 7.64. The lowest BCUT2D eigenvalue weighted by molar-refractivity contribution is -0.113. The Morgan fingerprint density at radius 2 is 2.60 bits per heavy atom. The molecule has 0 radical (unpaired) electrons. The zero-order valence-electron chi connectivity index (χ0n) is 5.59. The lowest BCUT2D eigenvalue weighted by Gasteiger charge is -2.18. The van der Waals surface area contributed by atoms with E-state index in [-0.39, 0.29) is 11.0 Å². The third-order valence-corrected chi connectivity index (χ3v) is 2.59. The van der Waals surface area contributed by atoms with E-state index in [0.29, 0.717) is 0 Å². The van der Waals surface area contributed by atoms with Gasteiger partial charge in [0.15, 0.2) is 0 Å². The lowest BCUT2D eigenvalue weighted by Crippen LogP contribution is -2.36. The van der Waals surface area contributed by atoms with Crippen LogP contribution in [0.5, 0.6) is 0 Å². The highest BCUT2D eigenvalue weighted by molar-refractivity contribution is 8.00. The molecule has 3 heteroatoms. The summed E-state index contributed by atoms with van der Waals surface area (Å²) in [4.78, 5) is 10.9. The number of ketones is 1. The first-order chi connectivity index (χ1) is 4.84. The van der Waals surface area contributed by atoms with Crippen LogP contribution in [0.3, 0.4) is 0 Å². The molecule has 0 aromatic rings. The van der Waals surface area contributed by atoms with E-state index < -0.39 is 0 Å². The first-order valence-corrected chi connectivity index (χ1v) is 4.22. The van der Waals surface area contributed by atoms with Crippen LogP contribution < -0.4 is 5.32 Å². The number of rotatable bonds is 1. The zero-order valence-corrected chi connectivity index (χ0v) is 6.41. The van der Waals surface area contributed by atoms with Crippen LogP contribution in [0.2, 0.25) is 0 Å². The van der Waals surface area contributed by atoms with Gasteiger partial charge in [-0.05, 0) is 5.92 Å². The number of thioether (sulfide) groups is 1. The molecule has 0 bridgehead atoms. The van der Waals surface area contributed by atoms with Crippen LogP contribution in [0.4, 0.5) is 0 Å². The predicted molar refractivity (Wildman–Crippen MR) is 43.0 cm³/mol. The molecule has 0 spiro atoms. The number of nitrogens with one attached hydrogen (secondary N) is 1. The maximum Gasteiger partial charge on any atom is 0.219 e. The van der Waals surface area contributed by atoms with E-state index in [1.807, 2.05) is 0 Å². The lowest BCUT2D eigenvalue weighted by atomic mass is 10.3. The van der Waals surface area contributed by atoms with Crippen molar-refractivity contribution in [2.45, 2.75) is 5.25 Å². The molecule has 1 fully saturated rings. The third kappa shape index (κ3) is 1.76. The van der Waals surface area contributed by atoms with Gasteiger partial charge in [0.05, 0.1) is 5.25 Å². The van der Waals surface area contributed by atoms with Gasteiger partial charge >= 0.3 is 0 Å². The molecule has 2 nitrogen and oxygen atoms in total. The summed E-state index contributed by atoms with van der Waals surface area (Å²) in [5.74, 6) is 3.03. The molecule has 1 atom stereocenters. The van der Waals surface area contributed by atoms with Crippen LogP contribution >= 0.6 is 11.8 Å². The first-order valence-electron chi connectivity index (χ1n) is 3.17. The van der Waals surface area contributed by atoms with Gasteiger partial charge in [-0.3, -0.25) is 4.79 Å². The Hall–Kier alpha value is -0.460. The Bertz CT molecular complexity index is 167. The van der Waals surface area contributed by atoms with Crippen LogP contribution in [0.15, 0.2) is 0 Å². The van der Waals surface area contributed by atoms with Gasteiger partial charge < -0.3 is 5.32 Å². The predicted octanol–water partition coefficient (Wildman–Crippen LogP) is -0.106. The van der Waals surface area contributed by atoms with E-state index >= 15 is 0 Å². The zero-order chi connectivity index (χ0) is 7.40. The van der Waals surface area contributed by atoms with Crippen molar-refractivity contribution < 1.29 is 4.79 Å². The van der Waals surface area contributed by atoms with Crippen LogP contribution in [0, 0.1) is 12.3 Å². The van der Waals surface area contributed by atoms with Crippen molar-refractivity contribution in [2.75, 3.05) is 18.8 Å². The Kier molecular flexibility index (Phi) is 2.79. The molecular formula is C7H9NOS. The summed E-state index contributed by atoms with van der Waals surface area (Å²) in [6.07, 6.45) is 4.96. The summed E-state index contributed by atoms with van der Waals surface area (Å²) < 4.78 is 0. The second-order valence-electron chi connectivity index (χ2n) is 2.07. The monoisotopic (exact) mass is 155 g/mol. The molecule has 1 aliphatic heterocycles. The molecule has 10 heavy (non-hydrogen) atoms. The normalized spacial score (nSPS) is 25.3. The molecular weight excluding hydrogens is 146 g/mol. The van der Waals surface area contributed by atoms with Gasteiger partial charge in [-0.15, -0.1) is 18.2 Å². The molecule has 0 aromatic heterocycles. The molecule has 1 N–H and O–H groups in total. The van der Waals surface area contributed by atoms with Crippen molar-refractivity contribution in [3.8, 4) is 12.3 Å². The summed E-state index contributed by atoms with van der Waals surface area (Å²) >= 11 is 1.64. The summed E-state index contributed by atoms with van der Waals surface area (Å²) in [7, 11) is 0. The number of Topliss-reactive ketones (excluding diaryl/α,β-unsaturated/α-hetero) is 1. The summed E-state index contributed by atoms with van der Waals surface area (Å²) in [5, 5.41) is 3.11. The maximum atomic E-state index is 10.9. The van der Waals surface area contributed by atoms with Gasteiger partial charge in [-0.25, -0.2) is 0 Å². The molecule has 54 valence electrons. The average Bonchev–Trinajstić information content (AvgIpc) is 2.05. The van der Waals surface area contributed by atoms with Gasteiger partial charge in [0.2, 0.25) is 5.78 Å². The van der Waals surface area contributed by atoms with Crippen molar-refractivity contribution in [3.05, 3.63) is 0 Å². The van der Waals surface area contributed by atoms with Crippen molar-refractivity contribution in [1.82, 2.24) is 5.32 Å². The molecule has 0 aliphatic carbocycles. The standard InChI is InChI=1S/C7H9NOS/c1-2-6(9)7-5-8-3-4-10-7/h1,7-8H,3-5H2. The van der Waals surface area contributed by atoms with Crippen molar-refractivity contribution >= 4 is 17.5 Å². The fourth-order valence-electron chi connectivity index (χ4n) is 0.827. The number of hydrogen-bond acceptors (Lipinski definition) is 3. The number of hydrogen-bond donors (Lipinski definition) is 1. The topological polar surface area (TPSA) is 29.1 Å². The van der Waals surface area contributed by atoms with Crippen LogP contribution in [-0.2, 0) is 4.79 Å². The molecule has 1 saturated heterocycles. The quantitative estimate of drug-likeness (QED) is 0.423. The summed E-state index contributed by atoms with van der Waals surface area (Å²) in [6, 6.07) is 0. The van der Waals surface area contributed by atoms with Gasteiger partial charge in [0.1, 0.15) is 0 Å². The number of terminal acetylenes is 1. The molecule has 1 unspecified atom stereocenters. The molecule has 1 aliphatic rings. The van der Waals surface area contributed by atoms with Gasteiger partial charge in [0, 0.05) is 18.8 Å². The van der Waals surface area contributed by atoms with Crippen molar-refractivity contribution in [1.29, 1.82) is 0 Å². The highest BCUT2D eigenvalue weighted by atomic mass is 32.2. The number of carbonyl (C=O) groups excluding carboxylic acids is 1. The Balaban J connectivity index is 2.40. The number of carbonyl (C=O) groups is 1. The second kappa shape index (κ2) is 3.65. The smallest absolute Gasteiger partial charge is 0.219 e. The molecule has 1 heterocycles. The molecule has 0 saturated carbocycles. The van der Waals surface area contributed by atoms with Gasteiger partial charge in [-0.2, -0.15) is 0 Å². The Morgan fingerprint density at radius 3 is 3.10 bits per heavy atom. The van der Waals surface area contributed by atoms with Crippen molar-refractivity contribution in [2.24, 2.45) is 0 Å². The SMILES string of the molecule is C#CC(=O)C1CNCCS1. The van der Waals surface area contributed by atoms with E-state index in [0.717, 1.165) is 18.8 Å². The molecule has 0 amide bonds. The van der Waals surface area contributed by atoms with E-state index in [2.05, 4.69) is 11.2 Å². The van der Waals surface area contributed by atoms with Crippen LogP contribution in [-0.4, -0.2) is 29.9 Å². The minimum Gasteiger partial charge on any atom is -0.314 e. The summed E-state index contributed by atoms with van der Waals surface area (Å²) in [5.41, 5.74) is 0. The Morgan fingerprint density at radius 1 is 1.80 bits per heavy atom. The minimum absolute atomic E-state index is 0.00116. The third-order valence-electron chi connectivity index (χ3n) is 1.36. The van der Waals surface area contributed by atoms with Gasteiger partial charge in [-0.1, -0.05) is 0 Å². The van der Waals surface area contributed by atoms with E-state index in [1.165, 1.54) is 0 Å². The van der Waals surface area contributed by atoms with E-state index in [4.69, 9.17) is 6.42 Å². The largest absolute Gasteiger partial charge is 0.314 e. The summed E-state index contributed by atoms with van der Waals surface area (Å²) in [6.45, 7) is 1.71. The minimum atomic E-state index is -0.0859. The fourth-order valence-corrected chi connectivity index (χ4v) is 1.83. The van der Waals surface area contributed by atoms with Crippen LogP contribution in [0.1, 0.15) is 0 Å². The fraction of sp³-hybridized carbons (Fsp3) is 0.571. The highest BCUT2D eigenvalue weighted by Gasteiger charge is 2.18. The molecule has 0 aromatic carbocycles. The van der Waals surface area contributed by atoms with Crippen molar-refractivity contribution in [3.63, 3.8) is 0 Å². The van der Waals surface area contributed by atoms with E-state index in [1.54, 1.807) is 11.8 Å². The molecule has 1 rings (SSSR count). The maximum absolute atomic E-state index is 10.9.